The van der Waals surface area contributed by atoms with Crippen LogP contribution in [-0.2, 0) is 0 Å². The van der Waals surface area contributed by atoms with Gasteiger partial charge in [0.1, 0.15) is 12.5 Å². The number of hydrogen-bond donors (Lipinski definition) is 2. The minimum atomic E-state index is 0.390. The van der Waals surface area contributed by atoms with Gasteiger partial charge in [-0.1, -0.05) is 26.0 Å². The van der Waals surface area contributed by atoms with Crippen molar-refractivity contribution in [2.24, 2.45) is 10.9 Å². The van der Waals surface area contributed by atoms with Crippen LogP contribution in [0.5, 0.6) is 0 Å². The highest BCUT2D eigenvalue weighted by Gasteiger charge is 2.17. The van der Waals surface area contributed by atoms with Crippen LogP contribution in [0, 0.1) is 5.92 Å². The van der Waals surface area contributed by atoms with Gasteiger partial charge < -0.3 is 10.2 Å². The average Bonchev–Trinajstić information content (AvgIpc) is 3.36. The van der Waals surface area contributed by atoms with Crippen LogP contribution in [0.1, 0.15) is 33.1 Å². The van der Waals surface area contributed by atoms with E-state index in [9.17, 15) is 0 Å². The molecular formula is C26H31N7. The molecule has 1 fully saturated rings. The summed E-state index contributed by atoms with van der Waals surface area (Å²) in [7, 11) is 0. The number of benzene rings is 2. The minimum absolute atomic E-state index is 0.390. The Morgan fingerprint density at radius 1 is 0.939 bits per heavy atom. The molecule has 0 unspecified atom stereocenters. The highest BCUT2D eigenvalue weighted by atomic mass is 15.6. The molecule has 0 saturated carbocycles. The number of aliphatic imine (C=N–C) groups is 1. The molecule has 0 bridgehead atoms. The fourth-order valence-corrected chi connectivity index (χ4v) is 4.26. The summed E-state index contributed by atoms with van der Waals surface area (Å²) in [5.74, 6) is 2.00. The van der Waals surface area contributed by atoms with Crippen molar-refractivity contribution in [2.75, 3.05) is 35.0 Å². The van der Waals surface area contributed by atoms with Crippen molar-refractivity contribution in [1.82, 2.24) is 15.4 Å². The lowest BCUT2D eigenvalue weighted by Gasteiger charge is -2.29. The lowest BCUT2D eigenvalue weighted by Crippen LogP contribution is -2.37. The molecule has 2 aliphatic heterocycles. The molecule has 7 heteroatoms. The first-order valence-electron chi connectivity index (χ1n) is 11.8. The zero-order valence-electron chi connectivity index (χ0n) is 19.3. The van der Waals surface area contributed by atoms with E-state index in [0.29, 0.717) is 18.5 Å². The summed E-state index contributed by atoms with van der Waals surface area (Å²) >= 11 is 0. The summed E-state index contributed by atoms with van der Waals surface area (Å²) in [4.78, 5) is 16.2. The van der Waals surface area contributed by atoms with Crippen LogP contribution in [0.4, 0.5) is 23.0 Å². The van der Waals surface area contributed by atoms with E-state index >= 15 is 0 Å². The molecule has 0 amide bonds. The van der Waals surface area contributed by atoms with E-state index in [2.05, 4.69) is 75.9 Å². The second-order valence-corrected chi connectivity index (χ2v) is 8.91. The topological polar surface area (TPSA) is 68.7 Å². The minimum Gasteiger partial charge on any atom is -0.372 e. The highest BCUT2D eigenvalue weighted by molar-refractivity contribution is 5.87. The second kappa shape index (κ2) is 9.48. The maximum atomic E-state index is 4.77. The number of hydrazine groups is 1. The van der Waals surface area contributed by atoms with Crippen LogP contribution < -0.4 is 20.7 Å². The van der Waals surface area contributed by atoms with E-state index in [1.807, 2.05) is 29.4 Å². The first-order valence-corrected chi connectivity index (χ1v) is 11.8. The van der Waals surface area contributed by atoms with Crippen LogP contribution in [0.3, 0.4) is 0 Å². The molecule has 2 N–H and O–H groups in total. The predicted molar refractivity (Wildman–Crippen MR) is 136 cm³/mol. The average molecular weight is 442 g/mol. The number of anilines is 4. The molecule has 0 spiro atoms. The standard InChI is InChI=1S/C26H31N7/c1-19(2)25-28-18-33(31-25)22-11-9-21(10-12-22)29-26-27-14-13-24(30-26)20-7-6-8-23(17-20)32-15-4-3-5-16-32/h6-14,17,19H,3-5,15-16,18H2,1-2H3,(H,28,31)(H,27,29,30). The van der Waals surface area contributed by atoms with Gasteiger partial charge in [0.05, 0.1) is 11.4 Å². The maximum Gasteiger partial charge on any atom is 0.227 e. The number of hydrogen-bond acceptors (Lipinski definition) is 7. The predicted octanol–water partition coefficient (Wildman–Crippen LogP) is 5.21. The maximum absolute atomic E-state index is 4.77. The number of aromatic nitrogens is 2. The molecule has 0 atom stereocenters. The van der Waals surface area contributed by atoms with E-state index < -0.39 is 0 Å². The third-order valence-electron chi connectivity index (χ3n) is 6.13. The molecule has 7 nitrogen and oxygen atoms in total. The number of rotatable bonds is 6. The van der Waals surface area contributed by atoms with Gasteiger partial charge in [-0.3, -0.25) is 10.4 Å². The van der Waals surface area contributed by atoms with E-state index in [1.165, 1.54) is 24.9 Å². The normalized spacial score (nSPS) is 16.0. The first-order chi connectivity index (χ1) is 16.2. The van der Waals surface area contributed by atoms with E-state index in [1.54, 1.807) is 0 Å². The molecule has 170 valence electrons. The van der Waals surface area contributed by atoms with Crippen LogP contribution in [-0.4, -0.2) is 35.6 Å². The summed E-state index contributed by atoms with van der Waals surface area (Å²) in [6.07, 6.45) is 5.68. The van der Waals surface area contributed by atoms with E-state index in [4.69, 9.17) is 4.98 Å². The summed E-state index contributed by atoms with van der Waals surface area (Å²) in [6, 6.07) is 18.9. The third kappa shape index (κ3) is 4.92. The van der Waals surface area contributed by atoms with Crippen molar-refractivity contribution in [3.63, 3.8) is 0 Å². The summed E-state index contributed by atoms with van der Waals surface area (Å²) in [5.41, 5.74) is 8.69. The molecule has 3 aromatic rings. The Morgan fingerprint density at radius 3 is 2.52 bits per heavy atom. The monoisotopic (exact) mass is 441 g/mol. The van der Waals surface area contributed by atoms with Crippen LogP contribution in [0.2, 0.25) is 0 Å². The number of nitrogens with zero attached hydrogens (tertiary/aromatic N) is 5. The molecule has 0 radical (unpaired) electrons. The largest absolute Gasteiger partial charge is 0.372 e. The lowest BCUT2D eigenvalue weighted by molar-refractivity contribution is 0.578. The van der Waals surface area contributed by atoms with Crippen molar-refractivity contribution < 1.29 is 0 Å². The van der Waals surface area contributed by atoms with Crippen molar-refractivity contribution in [1.29, 1.82) is 0 Å². The Labute approximate surface area is 195 Å². The number of piperidine rings is 1. The highest BCUT2D eigenvalue weighted by Crippen LogP contribution is 2.27. The third-order valence-corrected chi connectivity index (χ3v) is 6.13. The van der Waals surface area contributed by atoms with Crippen molar-refractivity contribution in [3.05, 3.63) is 60.8 Å². The van der Waals surface area contributed by atoms with E-state index in [0.717, 1.165) is 41.6 Å². The van der Waals surface area contributed by atoms with Gasteiger partial charge in [0.15, 0.2) is 0 Å². The number of amidine groups is 1. The summed E-state index contributed by atoms with van der Waals surface area (Å²) in [5, 5.41) is 5.38. The molecule has 33 heavy (non-hydrogen) atoms. The first kappa shape index (κ1) is 21.2. The van der Waals surface area contributed by atoms with Crippen LogP contribution in [0.15, 0.2) is 65.8 Å². The zero-order valence-corrected chi connectivity index (χ0v) is 19.3. The molecular weight excluding hydrogens is 410 g/mol. The fraction of sp³-hybridized carbons (Fsp3) is 0.346. The van der Waals surface area contributed by atoms with Gasteiger partial charge in [0, 0.05) is 42.1 Å². The molecule has 1 aromatic heterocycles. The Balaban J connectivity index is 1.27. The smallest absolute Gasteiger partial charge is 0.227 e. The SMILES string of the molecule is CC(C)C1=NCN(c2ccc(Nc3nccc(-c4cccc(N5CCCCC5)c4)n3)cc2)N1. The Kier molecular flexibility index (Phi) is 6.11. The van der Waals surface area contributed by atoms with Crippen LogP contribution in [0.25, 0.3) is 11.3 Å². The van der Waals surface area contributed by atoms with Gasteiger partial charge in [-0.15, -0.1) is 0 Å². The molecule has 2 aliphatic rings. The van der Waals surface area contributed by atoms with Gasteiger partial charge in [0.25, 0.3) is 0 Å². The molecule has 0 aliphatic carbocycles. The Morgan fingerprint density at radius 2 is 1.76 bits per heavy atom. The summed E-state index contributed by atoms with van der Waals surface area (Å²) < 4.78 is 0. The molecule has 2 aromatic carbocycles. The van der Waals surface area contributed by atoms with Crippen LogP contribution >= 0.6 is 0 Å². The fourth-order valence-electron chi connectivity index (χ4n) is 4.26. The molecule has 5 rings (SSSR count). The van der Waals surface area contributed by atoms with Crippen molar-refractivity contribution in [2.45, 2.75) is 33.1 Å². The summed E-state index contributed by atoms with van der Waals surface area (Å²) in [6.45, 7) is 7.17. The second-order valence-electron chi connectivity index (χ2n) is 8.91. The molecule has 3 heterocycles. The Hall–Kier alpha value is -3.61. The van der Waals surface area contributed by atoms with Gasteiger partial charge >= 0.3 is 0 Å². The molecule has 1 saturated heterocycles. The van der Waals surface area contributed by atoms with E-state index in [-0.39, 0.29) is 0 Å². The zero-order chi connectivity index (χ0) is 22.6. The van der Waals surface area contributed by atoms with Gasteiger partial charge in [-0.05, 0) is 61.7 Å². The quantitative estimate of drug-likeness (QED) is 0.547. The number of nitrogens with one attached hydrogen (secondary N) is 2. The Bertz CT molecular complexity index is 1120. The van der Waals surface area contributed by atoms with Gasteiger partial charge in [-0.2, -0.15) is 0 Å². The van der Waals surface area contributed by atoms with Gasteiger partial charge in [-0.25, -0.2) is 15.0 Å². The lowest BCUT2D eigenvalue weighted by atomic mass is 10.1. The van der Waals surface area contributed by atoms with Gasteiger partial charge in [0.2, 0.25) is 5.95 Å². The van der Waals surface area contributed by atoms with Crippen molar-refractivity contribution in [3.8, 4) is 11.3 Å². The van der Waals surface area contributed by atoms with Crippen molar-refractivity contribution >= 4 is 28.8 Å².